The van der Waals surface area contributed by atoms with Gasteiger partial charge < -0.3 is 0 Å². The topological polar surface area (TPSA) is 66.5 Å². The first-order valence-corrected chi connectivity index (χ1v) is 7.13. The zero-order chi connectivity index (χ0) is 16.2. The number of carbonyl (C=O) groups excluding carboxylic acids is 3. The molecular weight excluding hydrogens is 292 g/mol. The van der Waals surface area contributed by atoms with Crippen molar-refractivity contribution < 1.29 is 14.4 Å². The largest absolute Gasteiger partial charge is 0.331 e. The Hall–Kier alpha value is -3.21. The van der Waals surface area contributed by atoms with Gasteiger partial charge in [0.2, 0.25) is 0 Å². The molecule has 0 bridgehead atoms. The van der Waals surface area contributed by atoms with Crippen molar-refractivity contribution >= 4 is 23.9 Å². The fourth-order valence-electron chi connectivity index (χ4n) is 2.32. The van der Waals surface area contributed by atoms with E-state index in [9.17, 15) is 14.4 Å². The maximum Gasteiger partial charge on any atom is 0.331 e. The van der Waals surface area contributed by atoms with Crippen molar-refractivity contribution in [3.05, 3.63) is 77.4 Å². The quantitative estimate of drug-likeness (QED) is 0.699. The number of amides is 4. The summed E-state index contributed by atoms with van der Waals surface area (Å²) in [5, 5.41) is 2.21. The summed E-state index contributed by atoms with van der Waals surface area (Å²) in [6.45, 7) is 0.116. The number of benzene rings is 2. The third kappa shape index (κ3) is 3.18. The Bertz CT molecular complexity index is 782. The lowest BCUT2D eigenvalue weighted by Gasteiger charge is -2.26. The minimum Gasteiger partial charge on any atom is -0.273 e. The Morgan fingerprint density at radius 2 is 1.48 bits per heavy atom. The summed E-state index contributed by atoms with van der Waals surface area (Å²) in [5.74, 6) is -1.26. The maximum atomic E-state index is 12.5. The van der Waals surface area contributed by atoms with E-state index in [1.807, 2.05) is 48.5 Å². The molecule has 0 unspecified atom stereocenters. The van der Waals surface area contributed by atoms with E-state index >= 15 is 0 Å². The first kappa shape index (κ1) is 14.7. The number of urea groups is 1. The molecule has 3 rings (SSSR count). The molecule has 5 nitrogen and oxygen atoms in total. The number of imide groups is 2. The lowest BCUT2D eigenvalue weighted by Crippen LogP contribution is -2.53. The Kier molecular flexibility index (Phi) is 4.01. The van der Waals surface area contributed by atoms with Gasteiger partial charge in [-0.3, -0.25) is 19.8 Å². The number of hydrogen-bond acceptors (Lipinski definition) is 3. The van der Waals surface area contributed by atoms with Gasteiger partial charge in [0, 0.05) is 0 Å². The molecule has 4 amide bonds. The van der Waals surface area contributed by atoms with Gasteiger partial charge in [0.05, 0.1) is 6.54 Å². The molecule has 0 spiro atoms. The van der Waals surface area contributed by atoms with E-state index in [4.69, 9.17) is 0 Å². The third-order valence-electron chi connectivity index (χ3n) is 3.48. The van der Waals surface area contributed by atoms with Crippen LogP contribution in [0.25, 0.3) is 6.08 Å². The third-order valence-corrected chi connectivity index (χ3v) is 3.48. The van der Waals surface area contributed by atoms with E-state index in [0.717, 1.165) is 16.0 Å². The second kappa shape index (κ2) is 6.27. The van der Waals surface area contributed by atoms with E-state index in [0.29, 0.717) is 0 Å². The molecule has 2 aromatic carbocycles. The Balaban J connectivity index is 1.90. The highest BCUT2D eigenvalue weighted by molar-refractivity contribution is 6.30. The van der Waals surface area contributed by atoms with Crippen LogP contribution in [-0.2, 0) is 16.1 Å². The van der Waals surface area contributed by atoms with Gasteiger partial charge >= 0.3 is 6.03 Å². The zero-order valence-corrected chi connectivity index (χ0v) is 12.2. The summed E-state index contributed by atoms with van der Waals surface area (Å²) < 4.78 is 0. The van der Waals surface area contributed by atoms with Crippen LogP contribution in [0, 0.1) is 0 Å². The van der Waals surface area contributed by atoms with Crippen molar-refractivity contribution in [3.8, 4) is 0 Å². The molecule has 1 N–H and O–H groups in total. The van der Waals surface area contributed by atoms with Crippen LogP contribution in [0.4, 0.5) is 4.79 Å². The fraction of sp³-hybridized carbons (Fsp3) is 0.0556. The SMILES string of the molecule is O=C1NC(=O)N(Cc2ccccc2)C(=O)/C1=C\c1ccccc1. The van der Waals surface area contributed by atoms with Crippen LogP contribution in [-0.4, -0.2) is 22.7 Å². The van der Waals surface area contributed by atoms with Gasteiger partial charge in [-0.25, -0.2) is 4.79 Å². The second-order valence-electron chi connectivity index (χ2n) is 5.10. The standard InChI is InChI=1S/C18H14N2O3/c21-16-15(11-13-7-3-1-4-8-13)17(22)20(18(23)19-16)12-14-9-5-2-6-10-14/h1-11H,12H2,(H,19,21,23)/b15-11-. The summed E-state index contributed by atoms with van der Waals surface area (Å²) in [7, 11) is 0. The average Bonchev–Trinajstić information content (AvgIpc) is 2.57. The van der Waals surface area contributed by atoms with Gasteiger partial charge in [0.25, 0.3) is 11.8 Å². The molecule has 0 atom stereocenters. The van der Waals surface area contributed by atoms with Crippen molar-refractivity contribution in [1.29, 1.82) is 0 Å². The van der Waals surface area contributed by atoms with Crippen molar-refractivity contribution in [2.45, 2.75) is 6.54 Å². The normalized spacial score (nSPS) is 16.6. The predicted molar refractivity (Wildman–Crippen MR) is 84.9 cm³/mol. The zero-order valence-electron chi connectivity index (χ0n) is 12.2. The van der Waals surface area contributed by atoms with Crippen LogP contribution in [0.3, 0.4) is 0 Å². The number of carbonyl (C=O) groups is 3. The molecule has 1 fully saturated rings. The van der Waals surface area contributed by atoms with E-state index < -0.39 is 17.8 Å². The Morgan fingerprint density at radius 1 is 0.870 bits per heavy atom. The molecule has 0 saturated carbocycles. The van der Waals surface area contributed by atoms with Gasteiger partial charge in [0.15, 0.2) is 0 Å². The van der Waals surface area contributed by atoms with Gasteiger partial charge in [-0.05, 0) is 17.2 Å². The van der Waals surface area contributed by atoms with Crippen LogP contribution in [0.15, 0.2) is 66.2 Å². The van der Waals surface area contributed by atoms with E-state index in [2.05, 4.69) is 5.32 Å². The summed E-state index contributed by atoms with van der Waals surface area (Å²) >= 11 is 0. The molecule has 1 aliphatic rings. The van der Waals surface area contributed by atoms with Crippen LogP contribution >= 0.6 is 0 Å². The molecule has 114 valence electrons. The first-order chi connectivity index (χ1) is 11.1. The number of nitrogens with one attached hydrogen (secondary N) is 1. The molecule has 0 aliphatic carbocycles. The van der Waals surface area contributed by atoms with Crippen LogP contribution in [0.5, 0.6) is 0 Å². The molecule has 2 aromatic rings. The van der Waals surface area contributed by atoms with Crippen molar-refractivity contribution in [2.75, 3.05) is 0 Å². The number of hydrogen-bond donors (Lipinski definition) is 1. The lowest BCUT2D eigenvalue weighted by molar-refractivity contribution is -0.130. The highest BCUT2D eigenvalue weighted by Gasteiger charge is 2.35. The number of rotatable bonds is 3. The highest BCUT2D eigenvalue weighted by atomic mass is 16.2. The lowest BCUT2D eigenvalue weighted by atomic mass is 10.1. The van der Waals surface area contributed by atoms with Crippen molar-refractivity contribution in [2.24, 2.45) is 0 Å². The monoisotopic (exact) mass is 306 g/mol. The van der Waals surface area contributed by atoms with Crippen LogP contribution < -0.4 is 5.32 Å². The average molecular weight is 306 g/mol. The van der Waals surface area contributed by atoms with Crippen molar-refractivity contribution in [1.82, 2.24) is 10.2 Å². The Morgan fingerprint density at radius 3 is 2.13 bits per heavy atom. The molecule has 5 heteroatoms. The van der Waals surface area contributed by atoms with E-state index in [1.165, 1.54) is 6.08 Å². The van der Waals surface area contributed by atoms with Crippen LogP contribution in [0.1, 0.15) is 11.1 Å². The molecule has 23 heavy (non-hydrogen) atoms. The van der Waals surface area contributed by atoms with E-state index in [1.54, 1.807) is 12.1 Å². The Labute approximate surface area is 133 Å². The van der Waals surface area contributed by atoms with Crippen molar-refractivity contribution in [3.63, 3.8) is 0 Å². The summed E-state index contributed by atoms with van der Waals surface area (Å²) in [6, 6.07) is 17.5. The molecule has 0 aromatic heterocycles. The minimum atomic E-state index is -0.700. The summed E-state index contributed by atoms with van der Waals surface area (Å²) in [6.07, 6.45) is 1.49. The molecule has 1 saturated heterocycles. The summed E-state index contributed by atoms with van der Waals surface area (Å²) in [4.78, 5) is 37.5. The minimum absolute atomic E-state index is 0.0493. The maximum absolute atomic E-state index is 12.5. The molecule has 1 aliphatic heterocycles. The molecule has 0 radical (unpaired) electrons. The fourth-order valence-corrected chi connectivity index (χ4v) is 2.32. The summed E-state index contributed by atoms with van der Waals surface area (Å²) in [5.41, 5.74) is 1.48. The van der Waals surface area contributed by atoms with Gasteiger partial charge in [-0.2, -0.15) is 0 Å². The first-order valence-electron chi connectivity index (χ1n) is 7.13. The van der Waals surface area contributed by atoms with Crippen LogP contribution in [0.2, 0.25) is 0 Å². The smallest absolute Gasteiger partial charge is 0.273 e. The molecular formula is C18H14N2O3. The number of barbiturate groups is 1. The number of nitrogens with zero attached hydrogens (tertiary/aromatic N) is 1. The highest BCUT2D eigenvalue weighted by Crippen LogP contribution is 2.16. The van der Waals surface area contributed by atoms with E-state index in [-0.39, 0.29) is 12.1 Å². The van der Waals surface area contributed by atoms with Gasteiger partial charge in [0.1, 0.15) is 5.57 Å². The second-order valence-corrected chi connectivity index (χ2v) is 5.10. The predicted octanol–water partition coefficient (Wildman–Crippen LogP) is 2.35. The van der Waals surface area contributed by atoms with Gasteiger partial charge in [-0.1, -0.05) is 60.7 Å². The van der Waals surface area contributed by atoms with Gasteiger partial charge in [-0.15, -0.1) is 0 Å². The molecule has 1 heterocycles.